The highest BCUT2D eigenvalue weighted by molar-refractivity contribution is 6.04. The molecule has 2 aliphatic heterocycles. The molecule has 2 aromatic rings. The Hall–Kier alpha value is -3.40. The molecule has 3 aliphatic rings. The summed E-state index contributed by atoms with van der Waals surface area (Å²) in [5.41, 5.74) is 4.01. The van der Waals surface area contributed by atoms with Crippen LogP contribution >= 0.6 is 0 Å². The summed E-state index contributed by atoms with van der Waals surface area (Å²) in [6, 6.07) is 12.0. The Morgan fingerprint density at radius 2 is 2.07 bits per heavy atom. The molecule has 1 saturated carbocycles. The van der Waals surface area contributed by atoms with Gasteiger partial charge >= 0.3 is 0 Å². The third-order valence-electron chi connectivity index (χ3n) is 6.26. The van der Waals surface area contributed by atoms with E-state index in [1.165, 1.54) is 25.7 Å². The number of aryl methyl sites for hydroxylation is 1. The van der Waals surface area contributed by atoms with Crippen LogP contribution in [0.15, 0.2) is 35.4 Å². The minimum atomic E-state index is -0.136. The van der Waals surface area contributed by atoms with Crippen molar-refractivity contribution in [3.8, 4) is 11.8 Å². The van der Waals surface area contributed by atoms with Gasteiger partial charge in [-0.1, -0.05) is 18.9 Å². The lowest BCUT2D eigenvalue weighted by Crippen LogP contribution is -2.33. The van der Waals surface area contributed by atoms with Crippen molar-refractivity contribution >= 4 is 23.1 Å². The predicted octanol–water partition coefficient (Wildman–Crippen LogP) is 3.77. The quantitative estimate of drug-likeness (QED) is 0.846. The van der Waals surface area contributed by atoms with Gasteiger partial charge in [0, 0.05) is 12.0 Å². The summed E-state index contributed by atoms with van der Waals surface area (Å²) in [6.07, 6.45) is 5.78. The van der Waals surface area contributed by atoms with E-state index in [0.717, 1.165) is 29.2 Å². The van der Waals surface area contributed by atoms with E-state index in [9.17, 15) is 10.1 Å². The van der Waals surface area contributed by atoms with E-state index in [0.29, 0.717) is 22.9 Å². The Labute approximate surface area is 175 Å². The van der Waals surface area contributed by atoms with Crippen LogP contribution in [0.2, 0.25) is 0 Å². The fourth-order valence-electron chi connectivity index (χ4n) is 4.68. The van der Waals surface area contributed by atoms with Gasteiger partial charge < -0.3 is 10.1 Å². The Balaban J connectivity index is 1.50. The third-order valence-corrected chi connectivity index (χ3v) is 6.26. The second-order valence-electron chi connectivity index (χ2n) is 8.17. The molecular formula is C23H23N5O2. The number of ether oxygens (including phenoxy) is 1. The largest absolute Gasteiger partial charge is 0.482 e. The molecule has 0 bridgehead atoms. The van der Waals surface area contributed by atoms with Crippen LogP contribution in [0.4, 0.5) is 11.5 Å². The van der Waals surface area contributed by atoms with Gasteiger partial charge in [0.05, 0.1) is 28.7 Å². The monoisotopic (exact) mass is 401 g/mol. The van der Waals surface area contributed by atoms with Crippen molar-refractivity contribution in [2.75, 3.05) is 16.9 Å². The molecule has 1 aliphatic carbocycles. The average Bonchev–Trinajstić information content (AvgIpc) is 3.43. The number of anilines is 2. The number of nitriles is 1. The summed E-state index contributed by atoms with van der Waals surface area (Å²) in [6.45, 7) is 1.90. The molecule has 1 aromatic heterocycles. The molecule has 0 spiro atoms. The number of carbonyl (C=O) groups excluding carboxylic acids is 1. The van der Waals surface area contributed by atoms with Crippen LogP contribution in [0.25, 0.3) is 0 Å². The van der Waals surface area contributed by atoms with Crippen LogP contribution in [-0.2, 0) is 4.79 Å². The molecule has 3 heterocycles. The zero-order chi connectivity index (χ0) is 20.7. The number of hydrogen-bond acceptors (Lipinski definition) is 6. The van der Waals surface area contributed by atoms with E-state index < -0.39 is 0 Å². The Morgan fingerprint density at radius 1 is 1.23 bits per heavy atom. The molecule has 0 radical (unpaired) electrons. The average molecular weight is 401 g/mol. The number of amides is 1. The number of aromatic nitrogens is 1. The molecule has 7 nitrogen and oxygen atoms in total. The summed E-state index contributed by atoms with van der Waals surface area (Å²) in [7, 11) is 0. The molecular weight excluding hydrogens is 378 g/mol. The maximum atomic E-state index is 11.5. The summed E-state index contributed by atoms with van der Waals surface area (Å²) in [5, 5.41) is 19.1. The Bertz CT molecular complexity index is 1080. The highest BCUT2D eigenvalue weighted by atomic mass is 16.5. The molecule has 1 aromatic carbocycles. The Morgan fingerprint density at radius 3 is 2.83 bits per heavy atom. The minimum absolute atomic E-state index is 0.0359. The van der Waals surface area contributed by atoms with E-state index in [1.807, 2.05) is 37.3 Å². The first-order valence-electron chi connectivity index (χ1n) is 10.4. The number of rotatable bonds is 3. The molecule has 0 saturated heterocycles. The molecule has 0 unspecified atom stereocenters. The van der Waals surface area contributed by atoms with E-state index in [-0.39, 0.29) is 18.6 Å². The molecule has 1 fully saturated rings. The number of benzene rings is 1. The van der Waals surface area contributed by atoms with E-state index >= 15 is 0 Å². The first-order valence-corrected chi connectivity index (χ1v) is 10.4. The second kappa shape index (κ2) is 7.45. The molecule has 152 valence electrons. The van der Waals surface area contributed by atoms with Crippen molar-refractivity contribution < 1.29 is 9.53 Å². The standard InChI is InChI=1S/C23H23N5O2/c1-14-17(12-24)7-9-22(25-14)28-20(15-4-2-3-5-15)11-19(27-28)16-6-8-18-21(10-16)30-13-23(29)26-18/h6-10,15,20H,2-5,11,13H2,1H3,(H,26,29)/t20-/m1/s1. The van der Waals surface area contributed by atoms with Crippen molar-refractivity contribution in [2.45, 2.75) is 45.1 Å². The van der Waals surface area contributed by atoms with Gasteiger partial charge in [0.1, 0.15) is 17.6 Å². The van der Waals surface area contributed by atoms with Crippen LogP contribution in [-0.4, -0.2) is 29.3 Å². The lowest BCUT2D eigenvalue weighted by molar-refractivity contribution is -0.118. The van der Waals surface area contributed by atoms with Gasteiger partial charge in [-0.05, 0) is 49.9 Å². The van der Waals surface area contributed by atoms with Gasteiger partial charge in [-0.25, -0.2) is 9.99 Å². The van der Waals surface area contributed by atoms with Crippen molar-refractivity contribution in [1.29, 1.82) is 5.26 Å². The molecule has 1 amide bonds. The van der Waals surface area contributed by atoms with Gasteiger partial charge in [-0.3, -0.25) is 4.79 Å². The number of fused-ring (bicyclic) bond motifs is 1. The fourth-order valence-corrected chi connectivity index (χ4v) is 4.68. The van der Waals surface area contributed by atoms with Crippen molar-refractivity contribution in [3.05, 3.63) is 47.2 Å². The molecule has 30 heavy (non-hydrogen) atoms. The van der Waals surface area contributed by atoms with Crippen LogP contribution in [0.1, 0.15) is 48.9 Å². The highest BCUT2D eigenvalue weighted by Crippen LogP contribution is 2.38. The molecule has 1 N–H and O–H groups in total. The third kappa shape index (κ3) is 3.28. The van der Waals surface area contributed by atoms with Crippen molar-refractivity contribution in [3.63, 3.8) is 0 Å². The van der Waals surface area contributed by atoms with Crippen LogP contribution in [0.5, 0.6) is 5.75 Å². The van der Waals surface area contributed by atoms with E-state index in [1.54, 1.807) is 0 Å². The van der Waals surface area contributed by atoms with Gasteiger partial charge in [-0.2, -0.15) is 10.4 Å². The van der Waals surface area contributed by atoms with Gasteiger partial charge in [0.25, 0.3) is 5.91 Å². The predicted molar refractivity (Wildman–Crippen MR) is 114 cm³/mol. The van der Waals surface area contributed by atoms with E-state index in [4.69, 9.17) is 9.84 Å². The van der Waals surface area contributed by atoms with Crippen LogP contribution in [0, 0.1) is 24.2 Å². The minimum Gasteiger partial charge on any atom is -0.482 e. The molecule has 7 heteroatoms. The number of nitrogens with one attached hydrogen (secondary N) is 1. The number of pyridine rings is 1. The number of hydrazone groups is 1. The number of carbonyl (C=O) groups is 1. The zero-order valence-electron chi connectivity index (χ0n) is 16.9. The second-order valence-corrected chi connectivity index (χ2v) is 8.17. The van der Waals surface area contributed by atoms with Crippen molar-refractivity contribution in [1.82, 2.24) is 4.98 Å². The maximum Gasteiger partial charge on any atom is 0.262 e. The van der Waals surface area contributed by atoms with Crippen LogP contribution in [0.3, 0.4) is 0 Å². The maximum absolute atomic E-state index is 11.5. The van der Waals surface area contributed by atoms with Crippen LogP contribution < -0.4 is 15.1 Å². The topological polar surface area (TPSA) is 90.6 Å². The highest BCUT2D eigenvalue weighted by Gasteiger charge is 2.37. The number of nitrogens with zero attached hydrogens (tertiary/aromatic N) is 4. The van der Waals surface area contributed by atoms with E-state index in [2.05, 4.69) is 21.4 Å². The summed E-state index contributed by atoms with van der Waals surface area (Å²) >= 11 is 0. The zero-order valence-corrected chi connectivity index (χ0v) is 16.9. The van der Waals surface area contributed by atoms with Gasteiger partial charge in [0.15, 0.2) is 6.61 Å². The molecule has 5 rings (SSSR count). The molecule has 1 atom stereocenters. The lowest BCUT2D eigenvalue weighted by Gasteiger charge is -2.27. The van der Waals surface area contributed by atoms with Crippen molar-refractivity contribution in [2.24, 2.45) is 11.0 Å². The lowest BCUT2D eigenvalue weighted by atomic mass is 9.92. The van der Waals surface area contributed by atoms with Gasteiger partial charge in [0.2, 0.25) is 0 Å². The first-order chi connectivity index (χ1) is 14.6. The SMILES string of the molecule is Cc1nc(N2N=C(c3ccc4c(c3)OCC(=O)N4)C[C@@H]2C2CCCC2)ccc1C#N. The fraction of sp³-hybridized carbons (Fsp3) is 0.391. The van der Waals surface area contributed by atoms with Gasteiger partial charge in [-0.15, -0.1) is 0 Å². The smallest absolute Gasteiger partial charge is 0.262 e. The number of hydrogen-bond donors (Lipinski definition) is 1. The Kier molecular flexibility index (Phi) is 4.62. The summed E-state index contributed by atoms with van der Waals surface area (Å²) in [4.78, 5) is 16.2. The normalized spacial score (nSPS) is 20.9. The summed E-state index contributed by atoms with van der Waals surface area (Å²) < 4.78 is 5.59. The summed E-state index contributed by atoms with van der Waals surface area (Å²) in [5.74, 6) is 1.92. The first kappa shape index (κ1) is 18.6.